The van der Waals surface area contributed by atoms with Gasteiger partial charge in [-0.05, 0) is 37.1 Å². The molecule has 0 radical (unpaired) electrons. The topological polar surface area (TPSA) is 165 Å². The first-order chi connectivity index (χ1) is 17.0. The maximum atomic E-state index is 13.9. The number of anilines is 2. The molecule has 2 fully saturated rings. The predicted molar refractivity (Wildman–Crippen MR) is 129 cm³/mol. The Balaban J connectivity index is 1.67. The molecule has 11 nitrogen and oxygen atoms in total. The van der Waals surface area contributed by atoms with E-state index in [2.05, 4.69) is 10.6 Å². The summed E-state index contributed by atoms with van der Waals surface area (Å²) in [6.07, 6.45) is 0.0139. The molecule has 3 aliphatic rings. The van der Waals surface area contributed by atoms with Gasteiger partial charge in [-0.2, -0.15) is 0 Å². The SMILES string of the molecule is Cc1c(Cl)ccc2c1NC(=O)[C@]21N[C@@H](CCC(N)=O)[C@H]2C(=O)N(c3ccc(Cl)c([N+](=O)[O-])c3)C(=O)[C@H]21. The van der Waals surface area contributed by atoms with Gasteiger partial charge in [0.05, 0.1) is 28.1 Å². The molecular weight excluding hydrogens is 513 g/mol. The number of nitro groups is 1. The van der Waals surface area contributed by atoms with Crippen molar-refractivity contribution in [2.45, 2.75) is 31.3 Å². The molecule has 0 aliphatic carbocycles. The molecule has 0 bridgehead atoms. The number of carbonyl (C=O) groups excluding carboxylic acids is 4. The van der Waals surface area contributed by atoms with Crippen molar-refractivity contribution >= 4 is 63.9 Å². The van der Waals surface area contributed by atoms with Crippen LogP contribution < -0.4 is 21.3 Å². The Kier molecular flexibility index (Phi) is 5.54. The lowest BCUT2D eigenvalue weighted by Crippen LogP contribution is -2.53. The Morgan fingerprint density at radius 2 is 1.86 bits per heavy atom. The van der Waals surface area contributed by atoms with Gasteiger partial charge in [0.1, 0.15) is 10.6 Å². The molecule has 1 spiro atoms. The zero-order valence-corrected chi connectivity index (χ0v) is 20.2. The third-order valence-corrected chi connectivity index (χ3v) is 7.90. The zero-order chi connectivity index (χ0) is 26.1. The number of nitrogens with two attached hydrogens (primary N) is 1. The monoisotopic (exact) mass is 531 g/mol. The lowest BCUT2D eigenvalue weighted by atomic mass is 9.76. The summed E-state index contributed by atoms with van der Waals surface area (Å²) in [5.74, 6) is -4.70. The van der Waals surface area contributed by atoms with Crippen LogP contribution in [-0.4, -0.2) is 34.6 Å². The number of nitro benzene ring substituents is 1. The molecule has 36 heavy (non-hydrogen) atoms. The molecule has 0 saturated carbocycles. The van der Waals surface area contributed by atoms with E-state index >= 15 is 0 Å². The molecule has 2 aromatic rings. The second-order valence-electron chi connectivity index (χ2n) is 9.02. The molecule has 0 unspecified atom stereocenters. The highest BCUT2D eigenvalue weighted by Crippen LogP contribution is 2.55. The van der Waals surface area contributed by atoms with Gasteiger partial charge < -0.3 is 11.1 Å². The number of rotatable bonds is 5. The minimum Gasteiger partial charge on any atom is -0.370 e. The summed E-state index contributed by atoms with van der Waals surface area (Å²) in [5, 5.41) is 17.6. The molecule has 2 aromatic carbocycles. The minimum absolute atomic E-state index is 0.0368. The largest absolute Gasteiger partial charge is 0.370 e. The molecule has 0 aromatic heterocycles. The highest BCUT2D eigenvalue weighted by molar-refractivity contribution is 6.33. The number of halogens is 2. The van der Waals surface area contributed by atoms with E-state index in [1.165, 1.54) is 12.1 Å². The molecule has 3 heterocycles. The van der Waals surface area contributed by atoms with Gasteiger partial charge >= 0.3 is 0 Å². The highest BCUT2D eigenvalue weighted by Gasteiger charge is 2.70. The fourth-order valence-corrected chi connectivity index (χ4v) is 5.91. The number of fused-ring (bicyclic) bond motifs is 4. The van der Waals surface area contributed by atoms with Crippen LogP contribution in [0.1, 0.15) is 24.0 Å². The molecular formula is C23H19Cl2N5O6. The second kappa shape index (κ2) is 8.26. The van der Waals surface area contributed by atoms with Crippen molar-refractivity contribution < 1.29 is 24.1 Å². The van der Waals surface area contributed by atoms with Crippen LogP contribution in [0.15, 0.2) is 30.3 Å². The van der Waals surface area contributed by atoms with Gasteiger partial charge in [0.15, 0.2) is 0 Å². The maximum Gasteiger partial charge on any atom is 0.289 e. The average Bonchev–Trinajstić information content (AvgIpc) is 3.40. The number of amides is 4. The van der Waals surface area contributed by atoms with E-state index in [1.807, 2.05) is 0 Å². The Bertz CT molecular complexity index is 1400. The zero-order valence-electron chi connectivity index (χ0n) is 18.7. The standard InChI is InChI=1S/C23H19Cl2N5O6/c1-9-12(24)5-3-11-19(9)27-22(34)23(11)18-17(14(28-23)6-7-16(26)31)20(32)29(21(18)33)10-2-4-13(25)15(8-10)30(35)36/h2-5,8,14,17-18,28H,6-7H2,1H3,(H2,26,31)(H,27,34)/t14-,17+,18-,23-/m0/s1. The van der Waals surface area contributed by atoms with E-state index in [0.717, 1.165) is 11.0 Å². The van der Waals surface area contributed by atoms with Crippen molar-refractivity contribution in [2.24, 2.45) is 17.6 Å². The summed E-state index contributed by atoms with van der Waals surface area (Å²) in [5.41, 5.74) is 4.70. The molecule has 13 heteroatoms. The van der Waals surface area contributed by atoms with Crippen molar-refractivity contribution in [3.8, 4) is 0 Å². The first-order valence-electron chi connectivity index (χ1n) is 11.0. The van der Waals surface area contributed by atoms with E-state index in [-0.39, 0.29) is 23.6 Å². The van der Waals surface area contributed by atoms with Crippen LogP contribution in [0.2, 0.25) is 10.0 Å². The van der Waals surface area contributed by atoms with Crippen LogP contribution in [0, 0.1) is 28.9 Å². The first-order valence-corrected chi connectivity index (χ1v) is 11.7. The second-order valence-corrected chi connectivity index (χ2v) is 9.84. The number of imide groups is 1. The third-order valence-electron chi connectivity index (χ3n) is 7.17. The van der Waals surface area contributed by atoms with Gasteiger partial charge in [-0.3, -0.25) is 34.6 Å². The molecule has 4 atom stereocenters. The van der Waals surface area contributed by atoms with E-state index in [0.29, 0.717) is 21.8 Å². The Labute approximate surface area is 214 Å². The molecule has 4 N–H and O–H groups in total. The van der Waals surface area contributed by atoms with Gasteiger partial charge in [0.25, 0.3) is 5.69 Å². The number of hydrogen-bond donors (Lipinski definition) is 3. The van der Waals surface area contributed by atoms with E-state index in [4.69, 9.17) is 28.9 Å². The van der Waals surface area contributed by atoms with Crippen LogP contribution in [0.3, 0.4) is 0 Å². The molecule has 3 aliphatic heterocycles. The van der Waals surface area contributed by atoms with Crippen LogP contribution >= 0.6 is 23.2 Å². The van der Waals surface area contributed by atoms with Gasteiger partial charge in [-0.15, -0.1) is 0 Å². The number of hydrogen-bond acceptors (Lipinski definition) is 7. The van der Waals surface area contributed by atoms with Crippen molar-refractivity contribution in [2.75, 3.05) is 10.2 Å². The van der Waals surface area contributed by atoms with Crippen molar-refractivity contribution in [3.63, 3.8) is 0 Å². The van der Waals surface area contributed by atoms with Crippen LogP contribution in [0.25, 0.3) is 0 Å². The summed E-state index contributed by atoms with van der Waals surface area (Å²) in [4.78, 5) is 64.2. The Morgan fingerprint density at radius 1 is 1.17 bits per heavy atom. The average molecular weight is 532 g/mol. The Hall–Kier alpha value is -3.54. The summed E-state index contributed by atoms with van der Waals surface area (Å²) in [6, 6.07) is 6.08. The number of benzene rings is 2. The van der Waals surface area contributed by atoms with Gasteiger partial charge in [-0.1, -0.05) is 29.3 Å². The molecule has 186 valence electrons. The summed E-state index contributed by atoms with van der Waals surface area (Å²) in [7, 11) is 0. The number of primary amides is 1. The normalized spacial score (nSPS) is 26.4. The van der Waals surface area contributed by atoms with E-state index < -0.39 is 57.7 Å². The minimum atomic E-state index is -1.61. The number of nitrogens with zero attached hydrogens (tertiary/aromatic N) is 2. The van der Waals surface area contributed by atoms with Crippen molar-refractivity contribution in [1.82, 2.24) is 5.32 Å². The van der Waals surface area contributed by atoms with Crippen molar-refractivity contribution in [3.05, 3.63) is 61.6 Å². The van der Waals surface area contributed by atoms with E-state index in [1.54, 1.807) is 19.1 Å². The first kappa shape index (κ1) is 24.2. The Morgan fingerprint density at radius 3 is 2.53 bits per heavy atom. The lowest BCUT2D eigenvalue weighted by molar-refractivity contribution is -0.384. The summed E-state index contributed by atoms with van der Waals surface area (Å²) >= 11 is 12.2. The van der Waals surface area contributed by atoms with Crippen LogP contribution in [0.4, 0.5) is 17.1 Å². The molecule has 4 amide bonds. The van der Waals surface area contributed by atoms with Crippen LogP contribution in [0.5, 0.6) is 0 Å². The number of carbonyl (C=O) groups is 4. The predicted octanol–water partition coefficient (Wildman–Crippen LogP) is 2.40. The quantitative estimate of drug-likeness (QED) is 0.302. The van der Waals surface area contributed by atoms with Gasteiger partial charge in [-0.25, -0.2) is 4.90 Å². The van der Waals surface area contributed by atoms with Crippen molar-refractivity contribution in [1.29, 1.82) is 0 Å². The van der Waals surface area contributed by atoms with Gasteiger partial charge in [0.2, 0.25) is 23.6 Å². The fourth-order valence-electron chi connectivity index (χ4n) is 5.57. The maximum absolute atomic E-state index is 13.9. The molecule has 5 rings (SSSR count). The van der Waals surface area contributed by atoms with Crippen LogP contribution in [-0.2, 0) is 24.7 Å². The molecule has 2 saturated heterocycles. The third kappa shape index (κ3) is 3.23. The lowest BCUT2D eigenvalue weighted by Gasteiger charge is -2.29. The van der Waals surface area contributed by atoms with Gasteiger partial charge in [0, 0.05) is 29.1 Å². The summed E-state index contributed by atoms with van der Waals surface area (Å²) < 4.78 is 0. The number of nitrogens with one attached hydrogen (secondary N) is 2. The smallest absolute Gasteiger partial charge is 0.289 e. The fraction of sp³-hybridized carbons (Fsp3) is 0.304. The summed E-state index contributed by atoms with van der Waals surface area (Å²) in [6.45, 7) is 1.72. The highest BCUT2D eigenvalue weighted by atomic mass is 35.5. The van der Waals surface area contributed by atoms with E-state index in [9.17, 15) is 29.3 Å².